The summed E-state index contributed by atoms with van der Waals surface area (Å²) >= 11 is 0. The van der Waals surface area contributed by atoms with Crippen molar-refractivity contribution in [3.8, 4) is 23.0 Å². The van der Waals surface area contributed by atoms with Crippen molar-refractivity contribution in [2.24, 2.45) is 0 Å². The Morgan fingerprint density at radius 2 is 1.58 bits per heavy atom. The topological polar surface area (TPSA) is 100 Å². The van der Waals surface area contributed by atoms with Gasteiger partial charge in [-0.2, -0.15) is 0 Å². The van der Waals surface area contributed by atoms with Crippen LogP contribution in [0.5, 0.6) is 23.0 Å². The van der Waals surface area contributed by atoms with Gasteiger partial charge in [-0.05, 0) is 65.9 Å². The first-order chi connectivity index (χ1) is 17.3. The van der Waals surface area contributed by atoms with Crippen molar-refractivity contribution in [3.63, 3.8) is 0 Å². The number of nitrogens with one attached hydrogen (secondary N) is 1. The van der Waals surface area contributed by atoms with E-state index in [2.05, 4.69) is 11.6 Å². The fourth-order valence-electron chi connectivity index (χ4n) is 4.10. The smallest absolute Gasteiger partial charge is 0.264 e. The third kappa shape index (κ3) is 5.73. The Kier molecular flexibility index (Phi) is 7.69. The van der Waals surface area contributed by atoms with Crippen molar-refractivity contribution in [1.82, 2.24) is 4.72 Å². The van der Waals surface area contributed by atoms with E-state index in [1.807, 2.05) is 0 Å². The maximum Gasteiger partial charge on any atom is 0.264 e. The highest BCUT2D eigenvalue weighted by Crippen LogP contribution is 2.36. The maximum atomic E-state index is 13.5. The molecule has 0 bridgehead atoms. The SMILES string of the molecule is CCCc1ccc(S(=O)(=O)NC(=O)C(Cc2cc(OC)cc(OC)c2)c2ccc3c(c2)OCO3)cc1. The van der Waals surface area contributed by atoms with E-state index in [0.717, 1.165) is 24.0 Å². The van der Waals surface area contributed by atoms with Crippen molar-refractivity contribution >= 4 is 15.9 Å². The Labute approximate surface area is 211 Å². The van der Waals surface area contributed by atoms with E-state index in [1.165, 1.54) is 12.1 Å². The standard InChI is InChI=1S/C27H29NO7S/c1-4-5-18-6-9-23(10-7-18)36(30,31)28-27(29)24(20-8-11-25-26(15-20)35-17-34-25)14-19-12-21(32-2)16-22(13-19)33-3/h6-13,15-16,24H,4-5,14,17H2,1-3H3,(H,28,29). The van der Waals surface area contributed by atoms with E-state index in [0.29, 0.717) is 28.6 Å². The molecule has 1 aliphatic heterocycles. The number of aryl methyl sites for hydroxylation is 1. The summed E-state index contributed by atoms with van der Waals surface area (Å²) in [6.45, 7) is 2.14. The van der Waals surface area contributed by atoms with Gasteiger partial charge in [0.25, 0.3) is 10.0 Å². The first kappa shape index (κ1) is 25.4. The first-order valence-corrected chi connectivity index (χ1v) is 13.1. The molecule has 1 aliphatic rings. The van der Waals surface area contributed by atoms with Crippen LogP contribution in [-0.4, -0.2) is 35.3 Å². The fraction of sp³-hybridized carbons (Fsp3) is 0.296. The Morgan fingerprint density at radius 3 is 2.22 bits per heavy atom. The summed E-state index contributed by atoms with van der Waals surface area (Å²) < 4.78 is 50.0. The van der Waals surface area contributed by atoms with E-state index < -0.39 is 21.8 Å². The summed E-state index contributed by atoms with van der Waals surface area (Å²) in [5.41, 5.74) is 2.37. The first-order valence-electron chi connectivity index (χ1n) is 11.6. The number of fused-ring (bicyclic) bond motifs is 1. The Hall–Kier alpha value is -3.72. The zero-order valence-electron chi connectivity index (χ0n) is 20.4. The van der Waals surface area contributed by atoms with Crippen molar-refractivity contribution < 1.29 is 32.2 Å². The number of ether oxygens (including phenoxy) is 4. The molecule has 0 aliphatic carbocycles. The summed E-state index contributed by atoms with van der Waals surface area (Å²) in [5.74, 6) is 0.699. The molecule has 1 N–H and O–H groups in total. The minimum atomic E-state index is -4.08. The number of carbonyl (C=O) groups excluding carboxylic acids is 1. The molecule has 1 heterocycles. The number of benzene rings is 3. The molecule has 0 fully saturated rings. The Balaban J connectivity index is 1.65. The zero-order chi connectivity index (χ0) is 25.7. The van der Waals surface area contributed by atoms with Crippen LogP contribution in [-0.2, 0) is 27.7 Å². The molecule has 9 heteroatoms. The summed E-state index contributed by atoms with van der Waals surface area (Å²) in [6.07, 6.45) is 2.00. The molecule has 1 atom stereocenters. The average Bonchev–Trinajstić information content (AvgIpc) is 3.35. The molecule has 0 spiro atoms. The van der Waals surface area contributed by atoms with Crippen LogP contribution in [0.4, 0.5) is 0 Å². The van der Waals surface area contributed by atoms with Gasteiger partial charge in [-0.1, -0.05) is 31.5 Å². The Morgan fingerprint density at radius 1 is 0.917 bits per heavy atom. The lowest BCUT2D eigenvalue weighted by molar-refractivity contribution is -0.120. The van der Waals surface area contributed by atoms with Gasteiger partial charge in [-0.3, -0.25) is 4.79 Å². The molecule has 0 saturated carbocycles. The largest absolute Gasteiger partial charge is 0.497 e. The molecule has 4 rings (SSSR count). The van der Waals surface area contributed by atoms with E-state index in [4.69, 9.17) is 18.9 Å². The molecule has 0 saturated heterocycles. The number of rotatable bonds is 10. The molecule has 8 nitrogen and oxygen atoms in total. The lowest BCUT2D eigenvalue weighted by Gasteiger charge is -2.19. The lowest BCUT2D eigenvalue weighted by Crippen LogP contribution is -2.35. The van der Waals surface area contributed by atoms with Gasteiger partial charge < -0.3 is 18.9 Å². The number of amides is 1. The van der Waals surface area contributed by atoms with Crippen LogP contribution < -0.4 is 23.7 Å². The fourth-order valence-corrected chi connectivity index (χ4v) is 5.12. The summed E-state index contributed by atoms with van der Waals surface area (Å²) in [5, 5.41) is 0. The number of carbonyl (C=O) groups is 1. The van der Waals surface area contributed by atoms with Gasteiger partial charge in [0.05, 0.1) is 25.0 Å². The molecule has 1 unspecified atom stereocenters. The van der Waals surface area contributed by atoms with E-state index >= 15 is 0 Å². The highest BCUT2D eigenvalue weighted by Gasteiger charge is 2.28. The third-order valence-corrected chi connectivity index (χ3v) is 7.34. The second-order valence-corrected chi connectivity index (χ2v) is 10.1. The minimum Gasteiger partial charge on any atom is -0.497 e. The van der Waals surface area contributed by atoms with Crippen LogP contribution in [0.15, 0.2) is 65.6 Å². The second-order valence-electron chi connectivity index (χ2n) is 8.45. The molecule has 3 aromatic rings. The molecule has 190 valence electrons. The van der Waals surface area contributed by atoms with Crippen molar-refractivity contribution in [3.05, 3.63) is 77.4 Å². The van der Waals surface area contributed by atoms with Crippen LogP contribution >= 0.6 is 0 Å². The van der Waals surface area contributed by atoms with Crippen molar-refractivity contribution in [2.75, 3.05) is 21.0 Å². The van der Waals surface area contributed by atoms with Crippen LogP contribution in [0.2, 0.25) is 0 Å². The predicted molar refractivity (Wildman–Crippen MR) is 134 cm³/mol. The maximum absolute atomic E-state index is 13.5. The van der Waals surface area contributed by atoms with Crippen LogP contribution in [0, 0.1) is 0 Å². The van der Waals surface area contributed by atoms with E-state index in [-0.39, 0.29) is 18.1 Å². The average molecular weight is 512 g/mol. The lowest BCUT2D eigenvalue weighted by atomic mass is 9.91. The number of hydrogen-bond donors (Lipinski definition) is 1. The number of sulfonamides is 1. The molecule has 0 aromatic heterocycles. The monoisotopic (exact) mass is 511 g/mol. The molecular weight excluding hydrogens is 482 g/mol. The summed E-state index contributed by atoms with van der Waals surface area (Å²) in [4.78, 5) is 13.5. The molecule has 3 aromatic carbocycles. The highest BCUT2D eigenvalue weighted by molar-refractivity contribution is 7.90. The molecule has 36 heavy (non-hydrogen) atoms. The van der Waals surface area contributed by atoms with E-state index in [1.54, 1.807) is 62.8 Å². The third-order valence-electron chi connectivity index (χ3n) is 5.97. The van der Waals surface area contributed by atoms with Crippen LogP contribution in [0.25, 0.3) is 0 Å². The summed E-state index contributed by atoms with van der Waals surface area (Å²) in [7, 11) is -0.997. The summed E-state index contributed by atoms with van der Waals surface area (Å²) in [6, 6.07) is 17.0. The number of methoxy groups -OCH3 is 2. The molecular formula is C27H29NO7S. The van der Waals surface area contributed by atoms with Crippen molar-refractivity contribution in [2.45, 2.75) is 37.0 Å². The van der Waals surface area contributed by atoms with Gasteiger partial charge in [-0.25, -0.2) is 13.1 Å². The van der Waals surface area contributed by atoms with Gasteiger partial charge in [0.1, 0.15) is 11.5 Å². The predicted octanol–water partition coefficient (Wildman–Crippen LogP) is 4.22. The second kappa shape index (κ2) is 10.9. The number of hydrogen-bond acceptors (Lipinski definition) is 7. The molecule has 0 radical (unpaired) electrons. The van der Waals surface area contributed by atoms with Crippen LogP contribution in [0.3, 0.4) is 0 Å². The normalized spacial score (nSPS) is 13.2. The van der Waals surface area contributed by atoms with Gasteiger partial charge in [0, 0.05) is 6.07 Å². The van der Waals surface area contributed by atoms with Crippen molar-refractivity contribution in [1.29, 1.82) is 0 Å². The molecule has 1 amide bonds. The van der Waals surface area contributed by atoms with Gasteiger partial charge in [0.2, 0.25) is 12.7 Å². The highest BCUT2D eigenvalue weighted by atomic mass is 32.2. The van der Waals surface area contributed by atoms with Gasteiger partial charge in [-0.15, -0.1) is 0 Å². The van der Waals surface area contributed by atoms with Gasteiger partial charge >= 0.3 is 0 Å². The van der Waals surface area contributed by atoms with Crippen LogP contribution in [0.1, 0.15) is 36.0 Å². The van der Waals surface area contributed by atoms with Gasteiger partial charge in [0.15, 0.2) is 11.5 Å². The van der Waals surface area contributed by atoms with E-state index in [9.17, 15) is 13.2 Å². The zero-order valence-corrected chi connectivity index (χ0v) is 21.3. The Bertz CT molecular complexity index is 1310. The quantitative estimate of drug-likeness (QED) is 0.435. The minimum absolute atomic E-state index is 0.0307.